The molecule has 2 aromatic rings. The number of hydrogen-bond acceptors (Lipinski definition) is 2. The van der Waals surface area contributed by atoms with Crippen LogP contribution in [0.5, 0.6) is 0 Å². The second-order valence-corrected chi connectivity index (χ2v) is 6.81. The number of anilines is 1. The summed E-state index contributed by atoms with van der Waals surface area (Å²) in [7, 11) is 0. The third kappa shape index (κ3) is 3.30. The molecule has 24 heavy (non-hydrogen) atoms. The van der Waals surface area contributed by atoms with Crippen LogP contribution in [0.15, 0.2) is 48.5 Å². The summed E-state index contributed by atoms with van der Waals surface area (Å²) < 4.78 is 0. The molecule has 0 atom stereocenters. The summed E-state index contributed by atoms with van der Waals surface area (Å²) in [6.07, 6.45) is 0. The van der Waals surface area contributed by atoms with Gasteiger partial charge in [-0.2, -0.15) is 0 Å². The molecule has 0 saturated carbocycles. The number of rotatable bonds is 3. The summed E-state index contributed by atoms with van der Waals surface area (Å²) in [6.45, 7) is 9.80. The van der Waals surface area contributed by atoms with Crippen LogP contribution >= 0.6 is 0 Å². The van der Waals surface area contributed by atoms with Crippen molar-refractivity contribution in [1.29, 1.82) is 0 Å². The number of amides is 1. The van der Waals surface area contributed by atoms with Crippen molar-refractivity contribution in [3.8, 4) is 0 Å². The van der Waals surface area contributed by atoms with Gasteiger partial charge in [0.2, 0.25) is 0 Å². The number of para-hydroxylation sites is 1. The van der Waals surface area contributed by atoms with E-state index in [-0.39, 0.29) is 5.91 Å². The second-order valence-electron chi connectivity index (χ2n) is 6.81. The molecule has 0 aromatic heterocycles. The van der Waals surface area contributed by atoms with E-state index >= 15 is 0 Å². The molecule has 1 fully saturated rings. The van der Waals surface area contributed by atoms with Crippen LogP contribution in [0.25, 0.3) is 0 Å². The van der Waals surface area contributed by atoms with Crippen LogP contribution in [0.2, 0.25) is 0 Å². The zero-order valence-corrected chi connectivity index (χ0v) is 14.8. The van der Waals surface area contributed by atoms with Gasteiger partial charge in [0.15, 0.2) is 0 Å². The van der Waals surface area contributed by atoms with Gasteiger partial charge < -0.3 is 9.80 Å². The first-order valence-electron chi connectivity index (χ1n) is 8.76. The van der Waals surface area contributed by atoms with E-state index in [1.807, 2.05) is 36.1 Å². The van der Waals surface area contributed by atoms with Gasteiger partial charge in [-0.05, 0) is 36.1 Å². The highest BCUT2D eigenvalue weighted by atomic mass is 16.2. The number of piperazine rings is 1. The first-order valence-corrected chi connectivity index (χ1v) is 8.76. The molecule has 3 nitrogen and oxygen atoms in total. The molecule has 0 bridgehead atoms. The Balaban J connectivity index is 1.71. The standard InChI is InChI=1S/C21H26N2O/c1-16(2)18-9-6-7-11-20(18)22-12-14-23(15-13-22)21(24)19-10-5-4-8-17(19)3/h4-11,16H,12-15H2,1-3H3. The number of benzene rings is 2. The van der Waals surface area contributed by atoms with E-state index in [4.69, 9.17) is 0 Å². The van der Waals surface area contributed by atoms with Crippen molar-refractivity contribution >= 4 is 11.6 Å². The lowest BCUT2D eigenvalue weighted by Crippen LogP contribution is -2.49. The lowest BCUT2D eigenvalue weighted by molar-refractivity contribution is 0.0746. The Morgan fingerprint density at radius 2 is 1.54 bits per heavy atom. The summed E-state index contributed by atoms with van der Waals surface area (Å²) >= 11 is 0. The molecule has 1 heterocycles. The third-order valence-corrected chi connectivity index (χ3v) is 4.84. The largest absolute Gasteiger partial charge is 0.368 e. The highest BCUT2D eigenvalue weighted by Gasteiger charge is 2.24. The predicted octanol–water partition coefficient (Wildman–Crippen LogP) is 4.08. The maximum absolute atomic E-state index is 12.7. The fourth-order valence-electron chi connectivity index (χ4n) is 3.40. The maximum atomic E-state index is 12.7. The van der Waals surface area contributed by atoms with Crippen LogP contribution < -0.4 is 4.90 Å². The number of carbonyl (C=O) groups is 1. The molecule has 0 spiro atoms. The van der Waals surface area contributed by atoms with E-state index in [0.717, 1.165) is 37.3 Å². The van der Waals surface area contributed by atoms with Crippen molar-refractivity contribution in [3.05, 3.63) is 65.2 Å². The minimum Gasteiger partial charge on any atom is -0.368 e. The van der Waals surface area contributed by atoms with E-state index in [2.05, 4.69) is 43.0 Å². The van der Waals surface area contributed by atoms with Gasteiger partial charge in [0.25, 0.3) is 5.91 Å². The van der Waals surface area contributed by atoms with Gasteiger partial charge >= 0.3 is 0 Å². The van der Waals surface area contributed by atoms with E-state index in [9.17, 15) is 4.79 Å². The molecule has 1 amide bonds. The van der Waals surface area contributed by atoms with Crippen molar-refractivity contribution in [2.45, 2.75) is 26.7 Å². The van der Waals surface area contributed by atoms with Crippen LogP contribution in [0, 0.1) is 6.92 Å². The van der Waals surface area contributed by atoms with Crippen LogP contribution in [-0.2, 0) is 0 Å². The molecule has 1 aliphatic rings. The molecule has 0 N–H and O–H groups in total. The minimum atomic E-state index is 0.157. The average molecular weight is 322 g/mol. The average Bonchev–Trinajstić information content (AvgIpc) is 2.62. The summed E-state index contributed by atoms with van der Waals surface area (Å²) in [6, 6.07) is 16.5. The summed E-state index contributed by atoms with van der Waals surface area (Å²) in [4.78, 5) is 17.1. The van der Waals surface area contributed by atoms with Gasteiger partial charge in [-0.25, -0.2) is 0 Å². The first kappa shape index (κ1) is 16.6. The molecular weight excluding hydrogens is 296 g/mol. The van der Waals surface area contributed by atoms with E-state index in [1.54, 1.807) is 0 Å². The third-order valence-electron chi connectivity index (χ3n) is 4.84. The van der Waals surface area contributed by atoms with Gasteiger partial charge in [-0.15, -0.1) is 0 Å². The molecule has 1 saturated heterocycles. The first-order chi connectivity index (χ1) is 11.6. The summed E-state index contributed by atoms with van der Waals surface area (Å²) in [5.74, 6) is 0.665. The highest BCUT2D eigenvalue weighted by molar-refractivity contribution is 5.95. The van der Waals surface area contributed by atoms with Crippen molar-refractivity contribution < 1.29 is 4.79 Å². The minimum absolute atomic E-state index is 0.157. The smallest absolute Gasteiger partial charge is 0.254 e. The van der Waals surface area contributed by atoms with E-state index < -0.39 is 0 Å². The van der Waals surface area contributed by atoms with E-state index in [1.165, 1.54) is 11.3 Å². The Morgan fingerprint density at radius 1 is 0.917 bits per heavy atom. The predicted molar refractivity (Wildman–Crippen MR) is 99.8 cm³/mol. The monoisotopic (exact) mass is 322 g/mol. The fourth-order valence-corrected chi connectivity index (χ4v) is 3.40. The van der Waals surface area contributed by atoms with Crippen molar-refractivity contribution in [2.24, 2.45) is 0 Å². The molecule has 1 aliphatic heterocycles. The molecule has 126 valence electrons. The zero-order valence-electron chi connectivity index (χ0n) is 14.8. The van der Waals surface area contributed by atoms with Crippen molar-refractivity contribution in [3.63, 3.8) is 0 Å². The molecule has 3 heteroatoms. The Morgan fingerprint density at radius 3 is 2.21 bits per heavy atom. The van der Waals surface area contributed by atoms with Gasteiger partial charge in [0.05, 0.1) is 0 Å². The van der Waals surface area contributed by atoms with Crippen LogP contribution in [0.4, 0.5) is 5.69 Å². The Bertz CT molecular complexity index is 715. The van der Waals surface area contributed by atoms with Crippen LogP contribution in [0.3, 0.4) is 0 Å². The van der Waals surface area contributed by atoms with Gasteiger partial charge in [-0.3, -0.25) is 4.79 Å². The topological polar surface area (TPSA) is 23.6 Å². The van der Waals surface area contributed by atoms with E-state index in [0.29, 0.717) is 5.92 Å². The second kappa shape index (κ2) is 7.08. The Kier molecular flexibility index (Phi) is 4.89. The molecule has 0 unspecified atom stereocenters. The van der Waals surface area contributed by atoms with Crippen molar-refractivity contribution in [1.82, 2.24) is 4.90 Å². The summed E-state index contributed by atoms with van der Waals surface area (Å²) in [5.41, 5.74) is 4.58. The molecule has 0 aliphatic carbocycles. The summed E-state index contributed by atoms with van der Waals surface area (Å²) in [5, 5.41) is 0. The lowest BCUT2D eigenvalue weighted by Gasteiger charge is -2.37. The number of nitrogens with zero attached hydrogens (tertiary/aromatic N) is 2. The fraction of sp³-hybridized carbons (Fsp3) is 0.381. The zero-order chi connectivity index (χ0) is 17.1. The van der Waals surface area contributed by atoms with Crippen LogP contribution in [-0.4, -0.2) is 37.0 Å². The normalized spacial score (nSPS) is 15.0. The quantitative estimate of drug-likeness (QED) is 0.850. The number of aryl methyl sites for hydroxylation is 1. The Labute approximate surface area is 144 Å². The molecule has 2 aromatic carbocycles. The lowest BCUT2D eigenvalue weighted by atomic mass is 10.00. The van der Waals surface area contributed by atoms with Gasteiger partial charge in [-0.1, -0.05) is 50.2 Å². The highest BCUT2D eigenvalue weighted by Crippen LogP contribution is 2.28. The van der Waals surface area contributed by atoms with Gasteiger partial charge in [0.1, 0.15) is 0 Å². The molecule has 3 rings (SSSR count). The van der Waals surface area contributed by atoms with Crippen molar-refractivity contribution in [2.75, 3.05) is 31.1 Å². The van der Waals surface area contributed by atoms with Crippen LogP contribution in [0.1, 0.15) is 41.3 Å². The van der Waals surface area contributed by atoms with Gasteiger partial charge in [0, 0.05) is 37.4 Å². The molecule has 0 radical (unpaired) electrons. The number of hydrogen-bond donors (Lipinski definition) is 0. The number of carbonyl (C=O) groups excluding carboxylic acids is 1. The molecular formula is C21H26N2O. The maximum Gasteiger partial charge on any atom is 0.254 e. The SMILES string of the molecule is Cc1ccccc1C(=O)N1CCN(c2ccccc2C(C)C)CC1. The Hall–Kier alpha value is -2.29.